The zero-order valence-electron chi connectivity index (χ0n) is 39.6. The number of fused-ring (bicyclic) bond motifs is 4. The van der Waals surface area contributed by atoms with E-state index in [0.29, 0.717) is 35.3 Å². The number of aliphatic hydroxyl groups excluding tert-OH is 1. The Hall–Kier alpha value is -7.71. The van der Waals surface area contributed by atoms with E-state index in [-0.39, 0.29) is 48.6 Å². The smallest absolute Gasteiger partial charge is 0.421 e. The van der Waals surface area contributed by atoms with E-state index in [9.17, 15) is 9.90 Å². The number of methoxy groups -OCH3 is 1. The number of carbonyl (C=O) groups excluding carboxylic acids is 4. The molecule has 2 saturated heterocycles. The van der Waals surface area contributed by atoms with Crippen LogP contribution >= 0.6 is 11.3 Å². The number of hydrogen-bond acceptors (Lipinski definition) is 13. The maximum absolute atomic E-state index is 16.6. The number of carbonyl (C=O) groups is 4. The van der Waals surface area contributed by atoms with Crippen molar-refractivity contribution in [3.05, 3.63) is 191 Å². The molecule has 0 bridgehead atoms. The first-order valence-corrected chi connectivity index (χ1v) is 24.5. The Morgan fingerprint density at radius 3 is 2.26 bits per heavy atom. The zero-order valence-corrected chi connectivity index (χ0v) is 40.4. The fourth-order valence-electron chi connectivity index (χ4n) is 10.5. The number of nitrogens with one attached hydrogen (secondary N) is 1. The number of rotatable bonds is 14. The molecule has 0 aliphatic carbocycles. The van der Waals surface area contributed by atoms with Crippen molar-refractivity contribution >= 4 is 56.2 Å². The molecule has 10 rings (SSSR count). The largest absolute Gasteiger partial charge is 0.491 e. The summed E-state index contributed by atoms with van der Waals surface area (Å²) in [4.78, 5) is 72.6. The highest BCUT2D eigenvalue weighted by Crippen LogP contribution is 2.67. The van der Waals surface area contributed by atoms with Gasteiger partial charge in [-0.25, -0.2) is 14.7 Å². The van der Waals surface area contributed by atoms with Crippen LogP contribution in [-0.4, -0.2) is 96.9 Å². The summed E-state index contributed by atoms with van der Waals surface area (Å²) in [7, 11) is 3.44. The van der Waals surface area contributed by atoms with Crippen LogP contribution in [0.2, 0.25) is 0 Å². The number of esters is 1. The minimum Gasteiger partial charge on any atom is -0.491 e. The van der Waals surface area contributed by atoms with Gasteiger partial charge in [-0.05, 0) is 65.7 Å². The van der Waals surface area contributed by atoms with Crippen LogP contribution in [0.15, 0.2) is 158 Å². The van der Waals surface area contributed by atoms with Crippen LogP contribution in [0.25, 0.3) is 10.2 Å². The molecule has 4 heterocycles. The van der Waals surface area contributed by atoms with Gasteiger partial charge in [0, 0.05) is 24.8 Å². The average Bonchev–Trinajstić information content (AvgIpc) is 4.04. The van der Waals surface area contributed by atoms with Crippen molar-refractivity contribution in [3.8, 4) is 17.6 Å². The van der Waals surface area contributed by atoms with Gasteiger partial charge >= 0.3 is 12.1 Å². The molecule has 7 aromatic rings. The van der Waals surface area contributed by atoms with E-state index in [1.165, 1.54) is 18.4 Å². The lowest BCUT2D eigenvalue weighted by Gasteiger charge is -2.46. The number of nitrogens with zero attached hydrogens (tertiary/aromatic N) is 4. The number of amides is 3. The number of anilines is 2. The van der Waals surface area contributed by atoms with Crippen molar-refractivity contribution in [1.29, 1.82) is 0 Å². The molecule has 0 radical (unpaired) electrons. The van der Waals surface area contributed by atoms with E-state index in [1.807, 2.05) is 115 Å². The summed E-state index contributed by atoms with van der Waals surface area (Å²) >= 11 is 1.25. The Kier molecular flexibility index (Phi) is 13.9. The second-order valence-corrected chi connectivity index (χ2v) is 18.8. The summed E-state index contributed by atoms with van der Waals surface area (Å²) in [5.41, 5.74) is 2.37. The molecule has 364 valence electrons. The first-order valence-electron chi connectivity index (χ1n) is 23.7. The van der Waals surface area contributed by atoms with E-state index < -0.39 is 59.4 Å². The standard InChI is InChI=1S/C57H51N5O9S/c1-60(36-38-17-6-3-7-18-38)30-16-19-37-28-29-44-42(35-37)57(54(66)61(44)56(67)70-34-33-68-2)47(52(64)59-55-58-43-25-13-15-27-46(43)72-55)49-53(65)71-50(40-22-10-5-11-23-40)48(39-20-8-4-9-21-39)62(49)51(57)41-24-12-14-26-45(41)69-32-31-63/h3-15,17-18,20-29,35,47-51,63H,30-34,36H2,1-2H3,(H,58,59,64)/t47-,48-,49-,50+,51+,57-/m1/s1. The molecule has 2 N–H and O–H groups in total. The van der Waals surface area contributed by atoms with Crippen molar-refractivity contribution in [2.24, 2.45) is 5.92 Å². The number of morpholine rings is 1. The molecule has 0 saturated carbocycles. The number of aliphatic hydroxyl groups is 1. The van der Waals surface area contributed by atoms with Crippen LogP contribution in [-0.2, 0) is 40.6 Å². The number of para-hydroxylation sites is 2. The lowest BCUT2D eigenvalue weighted by molar-refractivity contribution is -0.177. The number of imide groups is 1. The van der Waals surface area contributed by atoms with Crippen LogP contribution in [0.4, 0.5) is 15.6 Å². The van der Waals surface area contributed by atoms with Crippen LogP contribution < -0.4 is 15.0 Å². The predicted octanol–water partition coefficient (Wildman–Crippen LogP) is 8.24. The van der Waals surface area contributed by atoms with Gasteiger partial charge in [-0.2, -0.15) is 0 Å². The van der Waals surface area contributed by atoms with Crippen molar-refractivity contribution < 1.29 is 43.2 Å². The fraction of sp³-hybridized carbons (Fsp3) is 0.246. The number of aromatic nitrogens is 1. The molecular formula is C57H51N5O9S. The fourth-order valence-corrected chi connectivity index (χ4v) is 11.4. The van der Waals surface area contributed by atoms with E-state index >= 15 is 14.4 Å². The Labute approximate surface area is 420 Å². The molecule has 72 heavy (non-hydrogen) atoms. The van der Waals surface area contributed by atoms with Gasteiger partial charge in [0.2, 0.25) is 11.8 Å². The Morgan fingerprint density at radius 2 is 1.53 bits per heavy atom. The minimum absolute atomic E-state index is 0.0474. The molecule has 14 nitrogen and oxygen atoms in total. The van der Waals surface area contributed by atoms with Crippen molar-refractivity contribution in [2.75, 3.05) is 57.3 Å². The highest BCUT2D eigenvalue weighted by atomic mass is 32.1. The van der Waals surface area contributed by atoms with Gasteiger partial charge in [-0.15, -0.1) is 0 Å². The third-order valence-corrected chi connectivity index (χ3v) is 14.4. The van der Waals surface area contributed by atoms with Crippen LogP contribution in [0.5, 0.6) is 5.75 Å². The molecule has 3 aliphatic rings. The minimum atomic E-state index is -2.13. The molecular weight excluding hydrogens is 931 g/mol. The normalized spacial score (nSPS) is 21.2. The van der Waals surface area contributed by atoms with E-state index in [0.717, 1.165) is 20.7 Å². The maximum atomic E-state index is 16.6. The van der Waals surface area contributed by atoms with Gasteiger partial charge in [-0.1, -0.05) is 145 Å². The molecule has 1 spiro atoms. The molecule has 3 amide bonds. The lowest BCUT2D eigenvalue weighted by atomic mass is 9.65. The molecule has 6 atom stereocenters. The van der Waals surface area contributed by atoms with Crippen molar-refractivity contribution in [2.45, 2.75) is 36.2 Å². The first-order chi connectivity index (χ1) is 35.2. The van der Waals surface area contributed by atoms with Crippen molar-refractivity contribution in [1.82, 2.24) is 14.8 Å². The molecule has 15 heteroatoms. The van der Waals surface area contributed by atoms with Crippen molar-refractivity contribution in [3.63, 3.8) is 0 Å². The van der Waals surface area contributed by atoms with Gasteiger partial charge in [-0.3, -0.25) is 24.2 Å². The zero-order chi connectivity index (χ0) is 49.8. The third kappa shape index (κ3) is 8.88. The quantitative estimate of drug-likeness (QED) is 0.0612. The van der Waals surface area contributed by atoms with Gasteiger partial charge in [0.25, 0.3) is 0 Å². The first kappa shape index (κ1) is 47.9. The molecule has 2 fully saturated rings. The van der Waals surface area contributed by atoms with Gasteiger partial charge < -0.3 is 29.4 Å². The summed E-state index contributed by atoms with van der Waals surface area (Å²) < 4.78 is 24.7. The van der Waals surface area contributed by atoms with Crippen LogP contribution in [0.3, 0.4) is 0 Å². The average molecular weight is 982 g/mol. The highest BCUT2D eigenvalue weighted by molar-refractivity contribution is 7.22. The summed E-state index contributed by atoms with van der Waals surface area (Å²) in [5.74, 6) is 2.99. The van der Waals surface area contributed by atoms with Gasteiger partial charge in [0.05, 0.1) is 53.7 Å². The highest BCUT2D eigenvalue weighted by Gasteiger charge is 2.76. The van der Waals surface area contributed by atoms with Crippen LogP contribution in [0, 0.1) is 17.8 Å². The monoisotopic (exact) mass is 981 g/mol. The Bertz CT molecular complexity index is 3150. The Morgan fingerprint density at radius 1 is 0.833 bits per heavy atom. The summed E-state index contributed by atoms with van der Waals surface area (Å²) in [6.07, 6.45) is -1.95. The number of hydrogen-bond donors (Lipinski definition) is 2. The van der Waals surface area contributed by atoms with E-state index in [2.05, 4.69) is 34.2 Å². The summed E-state index contributed by atoms with van der Waals surface area (Å²) in [5, 5.41) is 13.4. The predicted molar refractivity (Wildman–Crippen MR) is 272 cm³/mol. The van der Waals surface area contributed by atoms with Gasteiger partial charge in [0.15, 0.2) is 5.13 Å². The number of benzene rings is 6. The third-order valence-electron chi connectivity index (χ3n) is 13.4. The summed E-state index contributed by atoms with van der Waals surface area (Å²) in [6, 6.07) is 45.0. The number of cyclic esters (lactones) is 1. The van der Waals surface area contributed by atoms with E-state index in [4.69, 9.17) is 23.9 Å². The Balaban J connectivity index is 1.24. The molecule has 3 aliphatic heterocycles. The molecule has 1 aromatic heterocycles. The number of ether oxygens (including phenoxy) is 4. The lowest BCUT2D eigenvalue weighted by Crippen LogP contribution is -2.54. The summed E-state index contributed by atoms with van der Waals surface area (Å²) in [6.45, 7) is 0.471. The second-order valence-electron chi connectivity index (χ2n) is 17.8. The van der Waals surface area contributed by atoms with Crippen LogP contribution in [0.1, 0.15) is 51.6 Å². The second kappa shape index (κ2) is 20.9. The topological polar surface area (TPSA) is 160 Å². The maximum Gasteiger partial charge on any atom is 0.421 e. The van der Waals surface area contributed by atoms with Gasteiger partial charge in [0.1, 0.15) is 36.5 Å². The van der Waals surface area contributed by atoms with E-state index in [1.54, 1.807) is 42.5 Å². The molecule has 0 unspecified atom stereocenters. The number of thiazole rings is 1. The molecule has 6 aromatic carbocycles. The SMILES string of the molecule is COCCOC(=O)N1C(=O)[C@@]2(c3cc(C#CCN(C)Cc4ccccc4)ccc31)[C@H](c1ccccc1OCCO)N1[C@H](c3ccccc3)[C@H](c3ccccc3)OC(=O)[C@H]1[C@@H]2C(=O)Nc1nc2ccccc2s1.